The zero-order valence-corrected chi connectivity index (χ0v) is 19.2. The summed E-state index contributed by atoms with van der Waals surface area (Å²) in [5.74, 6) is -0.0566. The van der Waals surface area contributed by atoms with Crippen molar-refractivity contribution in [2.45, 2.75) is 13.0 Å². The number of nitrogens with one attached hydrogen (secondary N) is 1. The summed E-state index contributed by atoms with van der Waals surface area (Å²) < 4.78 is 25.0. The minimum atomic E-state index is -0.591. The predicted molar refractivity (Wildman–Crippen MR) is 131 cm³/mol. The molecular formula is C27H22ClFN2O3. The summed E-state index contributed by atoms with van der Waals surface area (Å²) in [6, 6.07) is 18.3. The highest BCUT2D eigenvalue weighted by molar-refractivity contribution is 6.34. The van der Waals surface area contributed by atoms with Crippen LogP contribution in [0, 0.1) is 17.1 Å². The number of methoxy groups -OCH3 is 1. The molecule has 0 aliphatic heterocycles. The van der Waals surface area contributed by atoms with Crippen LogP contribution in [0.5, 0.6) is 11.5 Å². The predicted octanol–water partition coefficient (Wildman–Crippen LogP) is 6.34. The molecule has 0 atom stereocenters. The Kier molecular flexibility index (Phi) is 8.44. The molecular weight excluding hydrogens is 455 g/mol. The lowest BCUT2D eigenvalue weighted by Gasteiger charge is -2.16. The van der Waals surface area contributed by atoms with E-state index >= 15 is 0 Å². The van der Waals surface area contributed by atoms with E-state index in [1.165, 1.54) is 25.3 Å². The number of hydrogen-bond acceptors (Lipinski definition) is 4. The number of benzene rings is 3. The van der Waals surface area contributed by atoms with Crippen molar-refractivity contribution in [3.05, 3.63) is 106 Å². The highest BCUT2D eigenvalue weighted by atomic mass is 35.5. The Morgan fingerprint density at radius 3 is 2.68 bits per heavy atom. The lowest BCUT2D eigenvalue weighted by Crippen LogP contribution is -2.13. The number of allylic oxidation sites excluding steroid dienone is 1. The second-order valence-electron chi connectivity index (χ2n) is 7.23. The molecule has 0 fully saturated rings. The van der Waals surface area contributed by atoms with Gasteiger partial charge < -0.3 is 14.8 Å². The molecule has 7 heteroatoms. The van der Waals surface area contributed by atoms with E-state index in [4.69, 9.17) is 21.1 Å². The average molecular weight is 477 g/mol. The first kappa shape index (κ1) is 24.6. The SMILES string of the molecule is C=CCc1cc(/C=C(\C#N)C(=O)Nc2ccccc2Cl)cc(OC)c1OCc1cccc(F)c1. The van der Waals surface area contributed by atoms with Crippen LogP contribution in [0.3, 0.4) is 0 Å². The summed E-state index contributed by atoms with van der Waals surface area (Å²) >= 11 is 6.09. The Hall–Kier alpha value is -4.08. The monoisotopic (exact) mass is 476 g/mol. The zero-order chi connectivity index (χ0) is 24.5. The maximum atomic E-state index is 13.5. The number of nitriles is 1. The quantitative estimate of drug-likeness (QED) is 0.222. The second kappa shape index (κ2) is 11.7. The van der Waals surface area contributed by atoms with Gasteiger partial charge in [0.1, 0.15) is 24.1 Å². The van der Waals surface area contributed by atoms with Crippen LogP contribution in [0.15, 0.2) is 78.9 Å². The van der Waals surface area contributed by atoms with Gasteiger partial charge in [0.25, 0.3) is 5.91 Å². The van der Waals surface area contributed by atoms with E-state index < -0.39 is 5.91 Å². The van der Waals surface area contributed by atoms with Gasteiger partial charge in [0.05, 0.1) is 17.8 Å². The van der Waals surface area contributed by atoms with Crippen molar-refractivity contribution in [1.82, 2.24) is 0 Å². The number of nitrogens with zero attached hydrogens (tertiary/aromatic N) is 1. The number of hydrogen-bond donors (Lipinski definition) is 1. The van der Waals surface area contributed by atoms with Gasteiger partial charge >= 0.3 is 0 Å². The molecule has 0 unspecified atom stereocenters. The van der Waals surface area contributed by atoms with Gasteiger partial charge in [0.2, 0.25) is 0 Å². The Balaban J connectivity index is 1.91. The molecule has 0 saturated carbocycles. The molecule has 3 rings (SSSR count). The molecule has 0 radical (unpaired) electrons. The number of rotatable bonds is 9. The van der Waals surface area contributed by atoms with Gasteiger partial charge in [-0.1, -0.05) is 41.9 Å². The Labute approximate surface area is 202 Å². The number of para-hydroxylation sites is 1. The Morgan fingerprint density at radius 1 is 1.21 bits per heavy atom. The number of anilines is 1. The van der Waals surface area contributed by atoms with Crippen molar-refractivity contribution in [1.29, 1.82) is 5.26 Å². The standard InChI is InChI=1S/C27H22ClFN2O3/c1-3-7-20-12-19(13-21(16-30)27(32)31-24-11-5-4-10-23(24)28)15-25(33-2)26(20)34-17-18-8-6-9-22(29)14-18/h3-6,8-15H,1,7,17H2,2H3,(H,31,32)/b21-13+. The van der Waals surface area contributed by atoms with Gasteiger partial charge in [-0.05, 0) is 60.0 Å². The minimum Gasteiger partial charge on any atom is -0.493 e. The number of amides is 1. The Morgan fingerprint density at radius 2 is 2.00 bits per heavy atom. The fourth-order valence-electron chi connectivity index (χ4n) is 3.24. The van der Waals surface area contributed by atoms with Crippen LogP contribution in [-0.2, 0) is 17.8 Å². The molecule has 0 heterocycles. The second-order valence-corrected chi connectivity index (χ2v) is 7.63. The van der Waals surface area contributed by atoms with Crippen molar-refractivity contribution in [2.24, 2.45) is 0 Å². The maximum absolute atomic E-state index is 13.5. The van der Waals surface area contributed by atoms with Crippen LogP contribution >= 0.6 is 11.6 Å². The molecule has 0 spiro atoms. The van der Waals surface area contributed by atoms with Gasteiger partial charge in [-0.25, -0.2) is 4.39 Å². The van der Waals surface area contributed by atoms with Gasteiger partial charge in [-0.2, -0.15) is 5.26 Å². The third-order valence-corrected chi connectivity index (χ3v) is 5.14. The van der Waals surface area contributed by atoms with Crippen molar-refractivity contribution in [2.75, 3.05) is 12.4 Å². The number of halogens is 2. The lowest BCUT2D eigenvalue weighted by atomic mass is 10.0. The van der Waals surface area contributed by atoms with Crippen molar-refractivity contribution >= 4 is 29.3 Å². The molecule has 172 valence electrons. The average Bonchev–Trinajstić information content (AvgIpc) is 2.83. The number of ether oxygens (including phenoxy) is 2. The van der Waals surface area contributed by atoms with E-state index in [2.05, 4.69) is 11.9 Å². The van der Waals surface area contributed by atoms with E-state index in [0.29, 0.717) is 39.8 Å². The van der Waals surface area contributed by atoms with Crippen LogP contribution in [0.25, 0.3) is 6.08 Å². The molecule has 0 bridgehead atoms. The first-order valence-corrected chi connectivity index (χ1v) is 10.7. The molecule has 5 nitrogen and oxygen atoms in total. The first-order chi connectivity index (χ1) is 16.4. The molecule has 0 aliphatic carbocycles. The molecule has 1 amide bonds. The molecule has 3 aromatic carbocycles. The fourth-order valence-corrected chi connectivity index (χ4v) is 3.42. The van der Waals surface area contributed by atoms with Crippen LogP contribution in [0.4, 0.5) is 10.1 Å². The minimum absolute atomic E-state index is 0.111. The van der Waals surface area contributed by atoms with Crippen molar-refractivity contribution < 1.29 is 18.7 Å². The van der Waals surface area contributed by atoms with Gasteiger partial charge in [-0.15, -0.1) is 6.58 Å². The zero-order valence-electron chi connectivity index (χ0n) is 18.5. The van der Waals surface area contributed by atoms with E-state index in [0.717, 1.165) is 5.56 Å². The highest BCUT2D eigenvalue weighted by Gasteiger charge is 2.16. The van der Waals surface area contributed by atoms with E-state index in [1.54, 1.807) is 54.6 Å². The van der Waals surface area contributed by atoms with E-state index in [-0.39, 0.29) is 18.0 Å². The molecule has 34 heavy (non-hydrogen) atoms. The maximum Gasteiger partial charge on any atom is 0.266 e. The normalized spacial score (nSPS) is 10.8. The van der Waals surface area contributed by atoms with Crippen LogP contribution in [-0.4, -0.2) is 13.0 Å². The first-order valence-electron chi connectivity index (χ1n) is 10.3. The number of carbonyl (C=O) groups is 1. The number of carbonyl (C=O) groups excluding carboxylic acids is 1. The highest BCUT2D eigenvalue weighted by Crippen LogP contribution is 2.35. The topological polar surface area (TPSA) is 71.4 Å². The van der Waals surface area contributed by atoms with Crippen molar-refractivity contribution in [3.63, 3.8) is 0 Å². The summed E-state index contributed by atoms with van der Waals surface area (Å²) in [5.41, 5.74) is 2.26. The van der Waals surface area contributed by atoms with E-state index in [9.17, 15) is 14.4 Å². The lowest BCUT2D eigenvalue weighted by molar-refractivity contribution is -0.112. The van der Waals surface area contributed by atoms with Gasteiger partial charge in [-0.3, -0.25) is 4.79 Å². The summed E-state index contributed by atoms with van der Waals surface area (Å²) in [5, 5.41) is 12.6. The fraction of sp³-hybridized carbons (Fsp3) is 0.111. The van der Waals surface area contributed by atoms with Crippen LogP contribution in [0.1, 0.15) is 16.7 Å². The molecule has 3 aromatic rings. The smallest absolute Gasteiger partial charge is 0.266 e. The summed E-state index contributed by atoms with van der Waals surface area (Å²) in [6.07, 6.45) is 3.61. The van der Waals surface area contributed by atoms with Crippen LogP contribution in [0.2, 0.25) is 5.02 Å². The largest absolute Gasteiger partial charge is 0.493 e. The molecule has 0 aliphatic rings. The van der Waals surface area contributed by atoms with Crippen molar-refractivity contribution in [3.8, 4) is 17.6 Å². The third kappa shape index (κ3) is 6.25. The third-order valence-electron chi connectivity index (χ3n) is 4.81. The summed E-state index contributed by atoms with van der Waals surface area (Å²) in [6.45, 7) is 3.92. The summed E-state index contributed by atoms with van der Waals surface area (Å²) in [7, 11) is 1.49. The van der Waals surface area contributed by atoms with Gasteiger partial charge in [0.15, 0.2) is 11.5 Å². The Bertz CT molecular complexity index is 1280. The molecule has 0 aromatic heterocycles. The molecule has 1 N–H and O–H groups in total. The van der Waals surface area contributed by atoms with Crippen LogP contribution < -0.4 is 14.8 Å². The van der Waals surface area contributed by atoms with Gasteiger partial charge in [0, 0.05) is 5.56 Å². The summed E-state index contributed by atoms with van der Waals surface area (Å²) in [4.78, 5) is 12.7. The molecule has 0 saturated heterocycles. The van der Waals surface area contributed by atoms with E-state index in [1.807, 2.05) is 6.07 Å².